The van der Waals surface area contributed by atoms with Gasteiger partial charge in [-0.3, -0.25) is 0 Å². The number of nitriles is 1. The van der Waals surface area contributed by atoms with Crippen LogP contribution in [-0.4, -0.2) is 9.78 Å². The van der Waals surface area contributed by atoms with Gasteiger partial charge in [-0.2, -0.15) is 10.4 Å². The number of hydrogen-bond donors (Lipinski definition) is 0. The zero-order chi connectivity index (χ0) is 11.7. The average Bonchev–Trinajstić information content (AvgIpc) is 2.59. The summed E-state index contributed by atoms with van der Waals surface area (Å²) < 4.78 is 1.58. The normalized spacial score (nSPS) is 10.1. The maximum absolute atomic E-state index is 8.83. The highest BCUT2D eigenvalue weighted by molar-refractivity contribution is 6.35. The van der Waals surface area contributed by atoms with Gasteiger partial charge in [0.25, 0.3) is 0 Å². The zero-order valence-electron chi connectivity index (χ0n) is 8.41. The van der Waals surface area contributed by atoms with Crippen LogP contribution in [0.3, 0.4) is 0 Å². The molecule has 0 fully saturated rings. The van der Waals surface area contributed by atoms with Gasteiger partial charge in [-0.15, -0.1) is 0 Å². The predicted octanol–water partition coefficient (Wildman–Crippen LogP) is 3.36. The Balaban J connectivity index is 2.55. The summed E-state index contributed by atoms with van der Waals surface area (Å²) >= 11 is 11.8. The third-order valence-corrected chi connectivity index (χ3v) is 2.71. The van der Waals surface area contributed by atoms with Crippen LogP contribution in [0.4, 0.5) is 0 Å². The van der Waals surface area contributed by atoms with Crippen LogP contribution in [0, 0.1) is 18.3 Å². The summed E-state index contributed by atoms with van der Waals surface area (Å²) in [6.07, 6.45) is 1.64. The van der Waals surface area contributed by atoms with Crippen LogP contribution in [0.25, 0.3) is 5.69 Å². The molecule has 1 heterocycles. The second-order valence-corrected chi connectivity index (χ2v) is 4.12. The minimum absolute atomic E-state index is 0.500. The molecular formula is C11H7Cl2N3. The summed E-state index contributed by atoms with van der Waals surface area (Å²) in [5.41, 5.74) is 1.91. The van der Waals surface area contributed by atoms with E-state index < -0.39 is 0 Å². The first-order valence-corrected chi connectivity index (χ1v) is 5.29. The lowest BCUT2D eigenvalue weighted by Gasteiger charge is -2.03. The lowest BCUT2D eigenvalue weighted by Crippen LogP contribution is -1.95. The third kappa shape index (κ3) is 1.90. The van der Waals surface area contributed by atoms with Gasteiger partial charge in [-0.25, -0.2) is 4.68 Å². The van der Waals surface area contributed by atoms with E-state index in [0.29, 0.717) is 27.0 Å². The topological polar surface area (TPSA) is 41.6 Å². The highest BCUT2D eigenvalue weighted by atomic mass is 35.5. The van der Waals surface area contributed by atoms with E-state index in [1.807, 2.05) is 0 Å². The largest absolute Gasteiger partial charge is 0.238 e. The van der Waals surface area contributed by atoms with Gasteiger partial charge >= 0.3 is 0 Å². The molecule has 0 aliphatic heterocycles. The fourth-order valence-corrected chi connectivity index (χ4v) is 1.86. The number of hydrogen-bond acceptors (Lipinski definition) is 2. The van der Waals surface area contributed by atoms with E-state index in [9.17, 15) is 0 Å². The van der Waals surface area contributed by atoms with Crippen molar-refractivity contribution >= 4 is 23.2 Å². The van der Waals surface area contributed by atoms with Crippen molar-refractivity contribution in [2.75, 3.05) is 0 Å². The highest BCUT2D eigenvalue weighted by Crippen LogP contribution is 2.24. The van der Waals surface area contributed by atoms with Crippen molar-refractivity contribution in [1.29, 1.82) is 5.26 Å². The predicted molar refractivity (Wildman–Crippen MR) is 63.0 cm³/mol. The molecule has 0 saturated heterocycles. The van der Waals surface area contributed by atoms with Crippen molar-refractivity contribution < 1.29 is 0 Å². The summed E-state index contributed by atoms with van der Waals surface area (Å²) in [6, 6.07) is 7.19. The quantitative estimate of drug-likeness (QED) is 0.780. The lowest BCUT2D eigenvalue weighted by molar-refractivity contribution is 0.863. The van der Waals surface area contributed by atoms with E-state index in [-0.39, 0.29) is 0 Å². The first-order valence-electron chi connectivity index (χ1n) is 4.53. The van der Waals surface area contributed by atoms with Crippen molar-refractivity contribution in [3.63, 3.8) is 0 Å². The minimum atomic E-state index is 0.500. The molecule has 0 atom stereocenters. The van der Waals surface area contributed by atoms with Gasteiger partial charge in [-0.05, 0) is 25.1 Å². The molecule has 16 heavy (non-hydrogen) atoms. The van der Waals surface area contributed by atoms with Crippen LogP contribution in [0.2, 0.25) is 10.0 Å². The Morgan fingerprint density at radius 1 is 1.38 bits per heavy atom. The van der Waals surface area contributed by atoms with E-state index >= 15 is 0 Å². The first-order chi connectivity index (χ1) is 7.61. The Bertz CT molecular complexity index is 581. The second kappa shape index (κ2) is 4.17. The molecule has 2 rings (SSSR count). The second-order valence-electron chi connectivity index (χ2n) is 3.28. The van der Waals surface area contributed by atoms with Crippen molar-refractivity contribution in [2.24, 2.45) is 0 Å². The molecule has 0 spiro atoms. The molecule has 2 aromatic rings. The van der Waals surface area contributed by atoms with Crippen LogP contribution in [0.5, 0.6) is 0 Å². The molecule has 1 aromatic carbocycles. The number of aryl methyl sites for hydroxylation is 1. The van der Waals surface area contributed by atoms with Crippen LogP contribution >= 0.6 is 23.2 Å². The summed E-state index contributed by atoms with van der Waals surface area (Å²) in [7, 11) is 0. The van der Waals surface area contributed by atoms with E-state index in [1.165, 1.54) is 0 Å². The molecule has 80 valence electrons. The number of halogens is 2. The highest BCUT2D eigenvalue weighted by Gasteiger charge is 2.08. The smallest absolute Gasteiger partial charge is 0.103 e. The zero-order valence-corrected chi connectivity index (χ0v) is 9.92. The molecule has 0 N–H and O–H groups in total. The van der Waals surface area contributed by atoms with E-state index in [4.69, 9.17) is 28.5 Å². The maximum atomic E-state index is 8.83. The van der Waals surface area contributed by atoms with Gasteiger partial charge in [0.15, 0.2) is 0 Å². The van der Waals surface area contributed by atoms with Gasteiger partial charge in [-0.1, -0.05) is 23.2 Å². The van der Waals surface area contributed by atoms with E-state index in [0.717, 1.165) is 0 Å². The van der Waals surface area contributed by atoms with Gasteiger partial charge in [0.2, 0.25) is 0 Å². The van der Waals surface area contributed by atoms with Gasteiger partial charge in [0, 0.05) is 11.2 Å². The van der Waals surface area contributed by atoms with Gasteiger partial charge in [0.05, 0.1) is 22.0 Å². The molecule has 0 amide bonds. The van der Waals surface area contributed by atoms with E-state index in [1.54, 1.807) is 36.0 Å². The van der Waals surface area contributed by atoms with Crippen LogP contribution in [0.1, 0.15) is 11.3 Å². The molecule has 0 radical (unpaired) electrons. The number of aromatic nitrogens is 2. The molecule has 3 nitrogen and oxygen atoms in total. The summed E-state index contributed by atoms with van der Waals surface area (Å²) in [5, 5.41) is 14.1. The third-order valence-electron chi connectivity index (χ3n) is 2.18. The standard InChI is InChI=1S/C11H7Cl2N3/c1-7-8(5-14)6-16(15-7)11-3-2-9(12)4-10(11)13/h2-4,6H,1H3. The number of benzene rings is 1. The maximum Gasteiger partial charge on any atom is 0.103 e. The summed E-state index contributed by atoms with van der Waals surface area (Å²) in [5.74, 6) is 0. The SMILES string of the molecule is Cc1nn(-c2ccc(Cl)cc2Cl)cc1C#N. The van der Waals surface area contributed by atoms with Crippen molar-refractivity contribution in [2.45, 2.75) is 6.92 Å². The molecule has 0 bridgehead atoms. The fraction of sp³-hybridized carbons (Fsp3) is 0.0909. The average molecular weight is 252 g/mol. The van der Waals surface area contributed by atoms with Gasteiger partial charge in [0.1, 0.15) is 6.07 Å². The Hall–Kier alpha value is -1.50. The van der Waals surface area contributed by atoms with Crippen molar-refractivity contribution in [3.05, 3.63) is 45.7 Å². The van der Waals surface area contributed by atoms with Crippen molar-refractivity contribution in [3.8, 4) is 11.8 Å². The number of rotatable bonds is 1. The molecular weight excluding hydrogens is 245 g/mol. The lowest BCUT2D eigenvalue weighted by atomic mass is 10.3. The fourth-order valence-electron chi connectivity index (χ4n) is 1.36. The molecule has 0 saturated carbocycles. The van der Waals surface area contributed by atoms with Crippen molar-refractivity contribution in [1.82, 2.24) is 9.78 Å². The molecule has 0 aliphatic carbocycles. The first kappa shape index (κ1) is 11.0. The molecule has 1 aromatic heterocycles. The van der Waals surface area contributed by atoms with Crippen LogP contribution < -0.4 is 0 Å². The monoisotopic (exact) mass is 251 g/mol. The molecule has 5 heteroatoms. The minimum Gasteiger partial charge on any atom is -0.238 e. The Morgan fingerprint density at radius 3 is 2.69 bits per heavy atom. The Labute approximate surface area is 103 Å². The molecule has 0 aliphatic rings. The summed E-state index contributed by atoms with van der Waals surface area (Å²) in [4.78, 5) is 0. The van der Waals surface area contributed by atoms with Crippen LogP contribution in [-0.2, 0) is 0 Å². The van der Waals surface area contributed by atoms with E-state index in [2.05, 4.69) is 11.2 Å². The van der Waals surface area contributed by atoms with Gasteiger partial charge < -0.3 is 0 Å². The summed E-state index contributed by atoms with van der Waals surface area (Å²) in [6.45, 7) is 1.78. The Morgan fingerprint density at radius 2 is 2.12 bits per heavy atom. The van der Waals surface area contributed by atoms with Crippen LogP contribution in [0.15, 0.2) is 24.4 Å². The Kier molecular flexibility index (Phi) is 2.86. The number of nitrogens with zero attached hydrogens (tertiary/aromatic N) is 3. The molecule has 0 unspecified atom stereocenters.